The Morgan fingerprint density at radius 2 is 1.74 bits per heavy atom. The van der Waals surface area contributed by atoms with E-state index in [0.717, 1.165) is 47.0 Å². The number of aryl methyl sites for hydroxylation is 1. The molecule has 1 unspecified atom stereocenters. The summed E-state index contributed by atoms with van der Waals surface area (Å²) >= 11 is 3.52. The van der Waals surface area contributed by atoms with Crippen molar-refractivity contribution in [2.75, 3.05) is 19.7 Å². The summed E-state index contributed by atoms with van der Waals surface area (Å²) in [5.74, 6) is -0.253. The van der Waals surface area contributed by atoms with E-state index in [4.69, 9.17) is 5.10 Å². The zero-order valence-electron chi connectivity index (χ0n) is 22.5. The number of halogens is 1. The summed E-state index contributed by atoms with van der Waals surface area (Å²) in [6.45, 7) is 7.87. The van der Waals surface area contributed by atoms with Gasteiger partial charge in [-0.2, -0.15) is 5.10 Å². The summed E-state index contributed by atoms with van der Waals surface area (Å²) in [4.78, 5) is 31.1. The van der Waals surface area contributed by atoms with E-state index in [2.05, 4.69) is 35.8 Å². The molecule has 1 aliphatic heterocycles. The van der Waals surface area contributed by atoms with Crippen molar-refractivity contribution >= 4 is 27.7 Å². The Kier molecular flexibility index (Phi) is 9.39. The number of hydrogen-bond donors (Lipinski definition) is 1. The lowest BCUT2D eigenvalue weighted by Crippen LogP contribution is -2.46. The average Bonchev–Trinajstić information content (AvgIpc) is 3.32. The minimum Gasteiger partial charge on any atom is -0.394 e. The van der Waals surface area contributed by atoms with Crippen molar-refractivity contribution in [1.82, 2.24) is 19.6 Å². The fourth-order valence-corrected chi connectivity index (χ4v) is 5.37. The normalized spacial score (nSPS) is 14.9. The third kappa shape index (κ3) is 6.02. The number of nitrogens with zero attached hydrogens (tertiary/aromatic N) is 4. The zero-order valence-corrected chi connectivity index (χ0v) is 24.1. The third-order valence-electron chi connectivity index (χ3n) is 7.20. The van der Waals surface area contributed by atoms with Crippen molar-refractivity contribution in [2.24, 2.45) is 0 Å². The van der Waals surface area contributed by atoms with Crippen molar-refractivity contribution in [3.63, 3.8) is 0 Å². The Labute approximate surface area is 233 Å². The molecule has 0 bridgehead atoms. The van der Waals surface area contributed by atoms with Crippen molar-refractivity contribution in [3.05, 3.63) is 81.1 Å². The maximum atomic E-state index is 14.0. The first kappa shape index (κ1) is 28.0. The first-order chi connectivity index (χ1) is 18.4. The minimum atomic E-state index is -0.314. The van der Waals surface area contributed by atoms with Crippen LogP contribution in [0, 0.1) is 6.92 Å². The fraction of sp³-hybridized carbons (Fsp3) is 0.433. The van der Waals surface area contributed by atoms with Crippen LogP contribution in [0.25, 0.3) is 5.69 Å². The molecule has 7 nitrogen and oxygen atoms in total. The largest absolute Gasteiger partial charge is 0.394 e. The van der Waals surface area contributed by atoms with Crippen molar-refractivity contribution in [3.8, 4) is 5.69 Å². The van der Waals surface area contributed by atoms with Gasteiger partial charge in [-0.15, -0.1) is 0 Å². The van der Waals surface area contributed by atoms with Crippen LogP contribution >= 0.6 is 15.9 Å². The van der Waals surface area contributed by atoms with Crippen LogP contribution in [0.1, 0.15) is 77.2 Å². The summed E-state index contributed by atoms with van der Waals surface area (Å²) in [6, 6.07) is 15.1. The van der Waals surface area contributed by atoms with Crippen LogP contribution in [0.3, 0.4) is 0 Å². The number of aliphatic hydroxyl groups is 1. The topological polar surface area (TPSA) is 78.7 Å². The van der Waals surface area contributed by atoms with Gasteiger partial charge in [0.05, 0.1) is 23.9 Å². The van der Waals surface area contributed by atoms with Crippen molar-refractivity contribution in [2.45, 2.75) is 65.5 Å². The standard InChI is InChI=1S/C30H37BrN4O3/c1-4-6-14-33(15-7-5-2)30(38)27-16-21(3)35(32-27)28-13-12-24(31)18-26(28)29(37)34-19-23-11-9-8-10-22(23)17-25(34)20-36/h8-13,16,18,25,36H,4-7,14-15,17,19-20H2,1-3H3. The molecule has 202 valence electrons. The highest BCUT2D eigenvalue weighted by molar-refractivity contribution is 9.10. The molecule has 2 amide bonds. The van der Waals surface area contributed by atoms with E-state index in [1.807, 2.05) is 42.2 Å². The number of amides is 2. The van der Waals surface area contributed by atoms with E-state index >= 15 is 0 Å². The first-order valence-electron chi connectivity index (χ1n) is 13.5. The molecule has 1 aliphatic rings. The van der Waals surface area contributed by atoms with E-state index in [0.29, 0.717) is 43.0 Å². The molecule has 1 aromatic heterocycles. The quantitative estimate of drug-likeness (QED) is 0.341. The molecule has 38 heavy (non-hydrogen) atoms. The molecular weight excluding hydrogens is 544 g/mol. The minimum absolute atomic E-state index is 0.0771. The fourth-order valence-electron chi connectivity index (χ4n) is 5.00. The van der Waals surface area contributed by atoms with Gasteiger partial charge in [-0.05, 0) is 61.6 Å². The summed E-state index contributed by atoms with van der Waals surface area (Å²) in [5.41, 5.74) is 4.49. The summed E-state index contributed by atoms with van der Waals surface area (Å²) < 4.78 is 2.46. The molecule has 4 rings (SSSR count). The number of hydrogen-bond acceptors (Lipinski definition) is 4. The number of fused-ring (bicyclic) bond motifs is 1. The van der Waals surface area contributed by atoms with Gasteiger partial charge in [0, 0.05) is 29.8 Å². The SMILES string of the molecule is CCCCN(CCCC)C(=O)c1cc(C)n(-c2ccc(Br)cc2C(=O)N2Cc3ccccc3CC2CO)n1. The lowest BCUT2D eigenvalue weighted by Gasteiger charge is -2.36. The molecule has 8 heteroatoms. The molecule has 0 aliphatic carbocycles. The third-order valence-corrected chi connectivity index (χ3v) is 7.69. The van der Waals surface area contributed by atoms with Gasteiger partial charge in [0.1, 0.15) is 0 Å². The van der Waals surface area contributed by atoms with Gasteiger partial charge in [-0.1, -0.05) is 66.9 Å². The maximum absolute atomic E-state index is 14.0. The number of carbonyl (C=O) groups is 2. The highest BCUT2D eigenvalue weighted by Crippen LogP contribution is 2.29. The van der Waals surface area contributed by atoms with Gasteiger partial charge in [0.25, 0.3) is 11.8 Å². The molecule has 0 saturated heterocycles. The number of carbonyl (C=O) groups excluding carboxylic acids is 2. The van der Waals surface area contributed by atoms with Crippen LogP contribution in [-0.4, -0.2) is 62.2 Å². The van der Waals surface area contributed by atoms with E-state index in [-0.39, 0.29) is 24.5 Å². The van der Waals surface area contributed by atoms with Crippen LogP contribution in [0.15, 0.2) is 53.0 Å². The van der Waals surface area contributed by atoms with Gasteiger partial charge in [0.15, 0.2) is 5.69 Å². The number of rotatable bonds is 10. The number of aromatic nitrogens is 2. The molecule has 1 N–H and O–H groups in total. The molecule has 2 aromatic carbocycles. The van der Waals surface area contributed by atoms with Crippen molar-refractivity contribution < 1.29 is 14.7 Å². The van der Waals surface area contributed by atoms with E-state index in [1.165, 1.54) is 0 Å². The second-order valence-electron chi connectivity index (χ2n) is 9.99. The lowest BCUT2D eigenvalue weighted by atomic mass is 9.93. The molecule has 1 atom stereocenters. The predicted molar refractivity (Wildman–Crippen MR) is 153 cm³/mol. The summed E-state index contributed by atoms with van der Waals surface area (Å²) in [5, 5.41) is 14.8. The van der Waals surface area contributed by atoms with Gasteiger partial charge in [-0.25, -0.2) is 4.68 Å². The number of benzene rings is 2. The first-order valence-corrected chi connectivity index (χ1v) is 14.3. The molecule has 0 spiro atoms. The van der Waals surface area contributed by atoms with Gasteiger partial charge in [-0.3, -0.25) is 9.59 Å². The number of unbranched alkanes of at least 4 members (excludes halogenated alkanes) is 2. The zero-order chi connectivity index (χ0) is 27.2. The van der Waals surface area contributed by atoms with Gasteiger partial charge >= 0.3 is 0 Å². The summed E-state index contributed by atoms with van der Waals surface area (Å²) in [6.07, 6.45) is 4.54. The maximum Gasteiger partial charge on any atom is 0.274 e. The average molecular weight is 582 g/mol. The molecular formula is C30H37BrN4O3. The van der Waals surface area contributed by atoms with Crippen LogP contribution < -0.4 is 0 Å². The number of aliphatic hydroxyl groups excluding tert-OH is 1. The van der Waals surface area contributed by atoms with Crippen molar-refractivity contribution in [1.29, 1.82) is 0 Å². The Morgan fingerprint density at radius 1 is 1.05 bits per heavy atom. The molecule has 3 aromatic rings. The Morgan fingerprint density at radius 3 is 2.39 bits per heavy atom. The van der Waals surface area contributed by atoms with Gasteiger partial charge in [0.2, 0.25) is 0 Å². The molecule has 0 saturated carbocycles. The van der Waals surface area contributed by atoms with E-state index in [9.17, 15) is 14.7 Å². The smallest absolute Gasteiger partial charge is 0.274 e. The predicted octanol–water partition coefficient (Wildman–Crippen LogP) is 5.55. The van der Waals surface area contributed by atoms with Crippen LogP contribution in [-0.2, 0) is 13.0 Å². The Hall–Kier alpha value is -2.97. The van der Waals surface area contributed by atoms with Crippen LogP contribution in [0.2, 0.25) is 0 Å². The second-order valence-corrected chi connectivity index (χ2v) is 10.9. The van der Waals surface area contributed by atoms with E-state index < -0.39 is 0 Å². The molecule has 0 fully saturated rings. The lowest BCUT2D eigenvalue weighted by molar-refractivity contribution is 0.0544. The van der Waals surface area contributed by atoms with Gasteiger partial charge < -0.3 is 14.9 Å². The molecule has 2 heterocycles. The Bertz CT molecular complexity index is 1280. The van der Waals surface area contributed by atoms with Crippen LogP contribution in [0.5, 0.6) is 0 Å². The highest BCUT2D eigenvalue weighted by Gasteiger charge is 2.32. The van der Waals surface area contributed by atoms with Crippen LogP contribution in [0.4, 0.5) is 0 Å². The highest BCUT2D eigenvalue weighted by atomic mass is 79.9. The van der Waals surface area contributed by atoms with E-state index in [1.54, 1.807) is 21.7 Å². The second kappa shape index (κ2) is 12.7. The molecule has 0 radical (unpaired) electrons. The summed E-state index contributed by atoms with van der Waals surface area (Å²) in [7, 11) is 0. The monoisotopic (exact) mass is 580 g/mol. The Balaban J connectivity index is 1.68.